The van der Waals surface area contributed by atoms with Gasteiger partial charge in [0.15, 0.2) is 5.76 Å². The Kier molecular flexibility index (Phi) is 5.87. The van der Waals surface area contributed by atoms with Crippen LogP contribution in [0.25, 0.3) is 11.3 Å². The lowest BCUT2D eigenvalue weighted by Crippen LogP contribution is -2.40. The van der Waals surface area contributed by atoms with E-state index in [1.165, 1.54) is 19.3 Å². The van der Waals surface area contributed by atoms with E-state index in [4.69, 9.17) is 9.51 Å². The summed E-state index contributed by atoms with van der Waals surface area (Å²) in [7, 11) is 0. The third-order valence-electron chi connectivity index (χ3n) is 6.45. The SMILES string of the molecule is Cc1cc(-c2cnc(N3CCCCC3)nc2C2CCN(C(=O)Cn3ccnc3)CC2)on1. The van der Waals surface area contributed by atoms with E-state index in [2.05, 4.69) is 20.0 Å². The number of rotatable bonds is 5. The van der Waals surface area contributed by atoms with Crippen LogP contribution >= 0.6 is 0 Å². The summed E-state index contributed by atoms with van der Waals surface area (Å²) in [6.07, 6.45) is 12.4. The van der Waals surface area contributed by atoms with Gasteiger partial charge in [0, 0.05) is 56.8 Å². The van der Waals surface area contributed by atoms with E-state index in [0.29, 0.717) is 12.3 Å². The maximum Gasteiger partial charge on any atom is 0.242 e. The zero-order chi connectivity index (χ0) is 21.9. The van der Waals surface area contributed by atoms with Gasteiger partial charge in [-0.15, -0.1) is 0 Å². The highest BCUT2D eigenvalue weighted by molar-refractivity contribution is 5.76. The van der Waals surface area contributed by atoms with Crippen LogP contribution in [-0.4, -0.2) is 61.7 Å². The molecule has 5 rings (SSSR count). The molecule has 0 aromatic carbocycles. The summed E-state index contributed by atoms with van der Waals surface area (Å²) in [6, 6.07) is 1.94. The van der Waals surface area contributed by atoms with Gasteiger partial charge >= 0.3 is 0 Å². The van der Waals surface area contributed by atoms with E-state index in [0.717, 1.165) is 61.9 Å². The Hall–Kier alpha value is -3.23. The summed E-state index contributed by atoms with van der Waals surface area (Å²) in [5.74, 6) is 1.89. The van der Waals surface area contributed by atoms with Crippen LogP contribution in [0.4, 0.5) is 5.95 Å². The van der Waals surface area contributed by atoms with Crippen molar-refractivity contribution in [3.8, 4) is 11.3 Å². The van der Waals surface area contributed by atoms with Crippen molar-refractivity contribution in [1.82, 2.24) is 29.6 Å². The van der Waals surface area contributed by atoms with Gasteiger partial charge < -0.3 is 18.9 Å². The molecule has 1 amide bonds. The number of likely N-dealkylation sites (tertiary alicyclic amines) is 1. The van der Waals surface area contributed by atoms with E-state index in [-0.39, 0.29) is 11.8 Å². The summed E-state index contributed by atoms with van der Waals surface area (Å²) >= 11 is 0. The molecule has 9 nitrogen and oxygen atoms in total. The molecule has 0 bridgehead atoms. The van der Waals surface area contributed by atoms with Crippen molar-refractivity contribution in [3.63, 3.8) is 0 Å². The van der Waals surface area contributed by atoms with Gasteiger partial charge in [-0.3, -0.25) is 4.79 Å². The lowest BCUT2D eigenvalue weighted by Gasteiger charge is -2.33. The number of carbonyl (C=O) groups excluding carboxylic acids is 1. The number of aromatic nitrogens is 5. The average molecular weight is 436 g/mol. The van der Waals surface area contributed by atoms with Crippen LogP contribution in [0.1, 0.15) is 49.4 Å². The third-order valence-corrected chi connectivity index (χ3v) is 6.45. The Morgan fingerprint density at radius 3 is 2.66 bits per heavy atom. The van der Waals surface area contributed by atoms with Crippen molar-refractivity contribution in [2.45, 2.75) is 51.5 Å². The summed E-state index contributed by atoms with van der Waals surface area (Å²) in [4.78, 5) is 30.7. The fourth-order valence-electron chi connectivity index (χ4n) is 4.66. The number of anilines is 1. The first-order valence-electron chi connectivity index (χ1n) is 11.5. The quantitative estimate of drug-likeness (QED) is 0.608. The van der Waals surface area contributed by atoms with E-state index in [9.17, 15) is 4.79 Å². The van der Waals surface area contributed by atoms with E-state index in [1.54, 1.807) is 12.5 Å². The van der Waals surface area contributed by atoms with Crippen molar-refractivity contribution in [3.05, 3.63) is 42.4 Å². The maximum absolute atomic E-state index is 12.7. The van der Waals surface area contributed by atoms with Crippen LogP contribution in [0, 0.1) is 6.92 Å². The van der Waals surface area contributed by atoms with Crippen molar-refractivity contribution in [2.75, 3.05) is 31.1 Å². The zero-order valence-corrected chi connectivity index (χ0v) is 18.5. The van der Waals surface area contributed by atoms with Gasteiger partial charge in [-0.2, -0.15) is 0 Å². The molecular formula is C23H29N7O2. The van der Waals surface area contributed by atoms with E-state index >= 15 is 0 Å². The van der Waals surface area contributed by atoms with Crippen LogP contribution in [0.3, 0.4) is 0 Å². The summed E-state index contributed by atoms with van der Waals surface area (Å²) in [5, 5.41) is 4.06. The average Bonchev–Trinajstić information content (AvgIpc) is 3.51. The summed E-state index contributed by atoms with van der Waals surface area (Å²) in [6.45, 7) is 5.69. The fraction of sp³-hybridized carbons (Fsp3) is 0.522. The Balaban J connectivity index is 1.35. The minimum Gasteiger partial charge on any atom is -0.356 e. The van der Waals surface area contributed by atoms with Crippen molar-refractivity contribution < 1.29 is 9.32 Å². The Labute approximate surface area is 187 Å². The largest absolute Gasteiger partial charge is 0.356 e. The van der Waals surface area contributed by atoms with Gasteiger partial charge in [0.25, 0.3) is 0 Å². The molecule has 3 aromatic rings. The number of piperidine rings is 2. The smallest absolute Gasteiger partial charge is 0.242 e. The number of carbonyl (C=O) groups is 1. The van der Waals surface area contributed by atoms with Crippen LogP contribution in [0.5, 0.6) is 0 Å². The molecule has 0 unspecified atom stereocenters. The molecule has 3 aromatic heterocycles. The standard InChI is InChI=1S/C23H29N7O2/c1-17-13-20(32-27-17)19-14-25-23(30-8-3-2-4-9-30)26-22(19)18-5-10-29(11-6-18)21(31)15-28-12-7-24-16-28/h7,12-14,16,18H,2-6,8-11,15H2,1H3. The Morgan fingerprint density at radius 1 is 1.16 bits per heavy atom. The van der Waals surface area contributed by atoms with Crippen LogP contribution < -0.4 is 4.90 Å². The molecule has 2 aliphatic rings. The first-order valence-corrected chi connectivity index (χ1v) is 11.5. The fourth-order valence-corrected chi connectivity index (χ4v) is 4.66. The highest BCUT2D eigenvalue weighted by Gasteiger charge is 2.29. The molecule has 32 heavy (non-hydrogen) atoms. The second-order valence-electron chi connectivity index (χ2n) is 8.74. The molecule has 2 fully saturated rings. The molecule has 0 spiro atoms. The van der Waals surface area contributed by atoms with Gasteiger partial charge in [0.1, 0.15) is 6.54 Å². The first kappa shape index (κ1) is 20.7. The molecule has 9 heteroatoms. The normalized spacial score (nSPS) is 17.7. The summed E-state index contributed by atoms with van der Waals surface area (Å²) < 4.78 is 7.38. The van der Waals surface area contributed by atoms with E-state index < -0.39 is 0 Å². The van der Waals surface area contributed by atoms with Crippen molar-refractivity contribution in [2.24, 2.45) is 0 Å². The predicted octanol–water partition coefficient (Wildman–Crippen LogP) is 3.03. The molecule has 0 aliphatic carbocycles. The monoisotopic (exact) mass is 435 g/mol. The Bertz CT molecular complexity index is 1050. The number of hydrogen-bond acceptors (Lipinski definition) is 7. The molecule has 2 saturated heterocycles. The molecule has 168 valence electrons. The van der Waals surface area contributed by atoms with Crippen LogP contribution in [-0.2, 0) is 11.3 Å². The lowest BCUT2D eigenvalue weighted by atomic mass is 9.90. The molecule has 0 saturated carbocycles. The zero-order valence-electron chi connectivity index (χ0n) is 18.5. The van der Waals surface area contributed by atoms with Gasteiger partial charge in [-0.05, 0) is 39.0 Å². The number of amides is 1. The van der Waals surface area contributed by atoms with Gasteiger partial charge in [-0.1, -0.05) is 5.16 Å². The topological polar surface area (TPSA) is 93.2 Å². The van der Waals surface area contributed by atoms with Crippen molar-refractivity contribution >= 4 is 11.9 Å². The highest BCUT2D eigenvalue weighted by atomic mass is 16.5. The second-order valence-corrected chi connectivity index (χ2v) is 8.74. The highest BCUT2D eigenvalue weighted by Crippen LogP contribution is 2.35. The number of imidazole rings is 1. The predicted molar refractivity (Wildman–Crippen MR) is 119 cm³/mol. The molecule has 0 atom stereocenters. The number of aryl methyl sites for hydroxylation is 1. The molecule has 5 heterocycles. The third kappa shape index (κ3) is 4.37. The lowest BCUT2D eigenvalue weighted by molar-refractivity contribution is -0.132. The minimum atomic E-state index is 0.129. The number of hydrogen-bond donors (Lipinski definition) is 0. The first-order chi connectivity index (χ1) is 15.7. The second kappa shape index (κ2) is 9.10. The van der Waals surface area contributed by atoms with Crippen LogP contribution in [0.15, 0.2) is 35.5 Å². The van der Waals surface area contributed by atoms with Gasteiger partial charge in [0.05, 0.1) is 23.3 Å². The Morgan fingerprint density at radius 2 is 1.97 bits per heavy atom. The van der Waals surface area contributed by atoms with Gasteiger partial charge in [0.2, 0.25) is 11.9 Å². The molecular weight excluding hydrogens is 406 g/mol. The minimum absolute atomic E-state index is 0.129. The number of nitrogens with zero attached hydrogens (tertiary/aromatic N) is 7. The van der Waals surface area contributed by atoms with Crippen molar-refractivity contribution in [1.29, 1.82) is 0 Å². The summed E-state index contributed by atoms with van der Waals surface area (Å²) in [5.41, 5.74) is 2.76. The molecule has 2 aliphatic heterocycles. The molecule has 0 N–H and O–H groups in total. The van der Waals surface area contributed by atoms with Gasteiger partial charge in [-0.25, -0.2) is 15.0 Å². The maximum atomic E-state index is 12.7. The van der Waals surface area contributed by atoms with E-state index in [1.807, 2.05) is 34.9 Å². The van der Waals surface area contributed by atoms with Crippen LogP contribution in [0.2, 0.25) is 0 Å². The molecule has 0 radical (unpaired) electrons.